The van der Waals surface area contributed by atoms with Gasteiger partial charge in [0.05, 0.1) is 0 Å². The summed E-state index contributed by atoms with van der Waals surface area (Å²) in [5.41, 5.74) is 0. The van der Waals surface area contributed by atoms with E-state index in [1.54, 1.807) is 0 Å². The Bertz CT molecular complexity index is 367. The predicted molar refractivity (Wildman–Crippen MR) is 60.8 cm³/mol. The molecule has 1 aliphatic rings. The zero-order valence-corrected chi connectivity index (χ0v) is 9.76. The van der Waals surface area contributed by atoms with Crippen LogP contribution in [-0.4, -0.2) is 59.2 Å². The topological polar surface area (TPSA) is 54.3 Å². The van der Waals surface area contributed by atoms with Crippen molar-refractivity contribution in [2.24, 2.45) is 0 Å². The summed E-state index contributed by atoms with van der Waals surface area (Å²) in [5.74, 6) is 1.23. The van der Waals surface area contributed by atoms with Gasteiger partial charge < -0.3 is 9.80 Å². The molecule has 16 heavy (non-hydrogen) atoms. The molecule has 0 N–H and O–H groups in total. The highest BCUT2D eigenvalue weighted by Crippen LogP contribution is 2.14. The van der Waals surface area contributed by atoms with Gasteiger partial charge in [0.2, 0.25) is 5.95 Å². The third-order valence-electron chi connectivity index (χ3n) is 2.97. The largest absolute Gasteiger partial charge is 0.338 e. The van der Waals surface area contributed by atoms with Gasteiger partial charge in [-0.15, -0.1) is 10.2 Å². The highest BCUT2D eigenvalue weighted by molar-refractivity contribution is 5.70. The maximum Gasteiger partial charge on any atom is 0.227 e. The van der Waals surface area contributed by atoms with Gasteiger partial charge in [0.15, 0.2) is 12.1 Å². The first-order valence-electron chi connectivity index (χ1n) is 5.58. The molecule has 1 aromatic heterocycles. The standard InChI is InChI=1S/C10H17N5O/c1-3-15-9(8-16)11-12-10(15)14-6-4-13(2)5-7-14/h8H,3-7H2,1-2H3. The maximum absolute atomic E-state index is 10.8. The molecule has 2 heterocycles. The highest BCUT2D eigenvalue weighted by atomic mass is 16.1. The van der Waals surface area contributed by atoms with Crippen molar-refractivity contribution in [3.63, 3.8) is 0 Å². The minimum Gasteiger partial charge on any atom is -0.338 e. The van der Waals surface area contributed by atoms with Gasteiger partial charge in [0, 0.05) is 32.7 Å². The molecule has 1 saturated heterocycles. The van der Waals surface area contributed by atoms with Crippen LogP contribution in [0.5, 0.6) is 0 Å². The van der Waals surface area contributed by atoms with Crippen molar-refractivity contribution in [2.45, 2.75) is 13.5 Å². The number of hydrogen-bond acceptors (Lipinski definition) is 5. The second-order valence-electron chi connectivity index (χ2n) is 4.01. The van der Waals surface area contributed by atoms with Crippen LogP contribution < -0.4 is 4.90 Å². The SMILES string of the molecule is CCn1c(C=O)nnc1N1CCN(C)CC1. The molecule has 0 bridgehead atoms. The summed E-state index contributed by atoms with van der Waals surface area (Å²) in [4.78, 5) is 15.2. The molecular formula is C10H17N5O. The first-order valence-corrected chi connectivity index (χ1v) is 5.58. The molecule has 0 aliphatic carbocycles. The minimum atomic E-state index is 0.413. The fraction of sp³-hybridized carbons (Fsp3) is 0.700. The fourth-order valence-electron chi connectivity index (χ4n) is 1.94. The van der Waals surface area contributed by atoms with Crippen molar-refractivity contribution in [2.75, 3.05) is 38.1 Å². The maximum atomic E-state index is 10.8. The smallest absolute Gasteiger partial charge is 0.227 e. The van der Waals surface area contributed by atoms with Gasteiger partial charge in [-0.3, -0.25) is 9.36 Å². The summed E-state index contributed by atoms with van der Waals surface area (Å²) in [7, 11) is 2.11. The summed E-state index contributed by atoms with van der Waals surface area (Å²) < 4.78 is 1.86. The van der Waals surface area contributed by atoms with Crippen molar-refractivity contribution >= 4 is 12.2 Å². The number of piperazine rings is 1. The average Bonchev–Trinajstić information content (AvgIpc) is 2.72. The summed E-state index contributed by atoms with van der Waals surface area (Å²) in [6.07, 6.45) is 0.760. The lowest BCUT2D eigenvalue weighted by Crippen LogP contribution is -2.45. The van der Waals surface area contributed by atoms with Crippen molar-refractivity contribution in [3.8, 4) is 0 Å². The Morgan fingerprint density at radius 2 is 1.94 bits per heavy atom. The first kappa shape index (κ1) is 11.1. The Morgan fingerprint density at radius 1 is 1.25 bits per heavy atom. The molecule has 6 heteroatoms. The summed E-state index contributed by atoms with van der Waals surface area (Å²) in [5, 5.41) is 7.98. The van der Waals surface area contributed by atoms with Crippen LogP contribution in [0, 0.1) is 0 Å². The monoisotopic (exact) mass is 223 g/mol. The molecule has 1 aliphatic heterocycles. The van der Waals surface area contributed by atoms with E-state index in [2.05, 4.69) is 27.0 Å². The van der Waals surface area contributed by atoms with Crippen molar-refractivity contribution in [3.05, 3.63) is 5.82 Å². The van der Waals surface area contributed by atoms with E-state index in [4.69, 9.17) is 0 Å². The van der Waals surface area contributed by atoms with Gasteiger partial charge in [-0.1, -0.05) is 0 Å². The molecular weight excluding hydrogens is 206 g/mol. The van der Waals surface area contributed by atoms with Gasteiger partial charge in [0.25, 0.3) is 0 Å². The molecule has 0 aromatic carbocycles. The van der Waals surface area contributed by atoms with Crippen LogP contribution in [0.4, 0.5) is 5.95 Å². The van der Waals surface area contributed by atoms with Gasteiger partial charge in [-0.25, -0.2) is 0 Å². The predicted octanol–water partition coefficient (Wildman–Crippen LogP) is -0.138. The molecule has 0 radical (unpaired) electrons. The molecule has 1 fully saturated rings. The zero-order chi connectivity index (χ0) is 11.5. The number of anilines is 1. The Balaban J connectivity index is 2.20. The van der Waals surface area contributed by atoms with Crippen LogP contribution in [0.1, 0.15) is 17.5 Å². The number of likely N-dealkylation sites (N-methyl/N-ethyl adjacent to an activating group) is 1. The molecule has 0 saturated carbocycles. The number of nitrogens with zero attached hydrogens (tertiary/aromatic N) is 5. The van der Waals surface area contributed by atoms with E-state index in [9.17, 15) is 4.79 Å². The van der Waals surface area contributed by atoms with E-state index in [-0.39, 0.29) is 0 Å². The van der Waals surface area contributed by atoms with Crippen LogP contribution in [0.3, 0.4) is 0 Å². The van der Waals surface area contributed by atoms with E-state index in [0.29, 0.717) is 5.82 Å². The lowest BCUT2D eigenvalue weighted by atomic mass is 10.3. The number of carbonyl (C=O) groups is 1. The highest BCUT2D eigenvalue weighted by Gasteiger charge is 2.20. The summed E-state index contributed by atoms with van der Waals surface area (Å²) >= 11 is 0. The third-order valence-corrected chi connectivity index (χ3v) is 2.97. The summed E-state index contributed by atoms with van der Waals surface area (Å²) in [6.45, 7) is 6.64. The van der Waals surface area contributed by atoms with Crippen molar-refractivity contribution in [1.82, 2.24) is 19.7 Å². The Kier molecular flexibility index (Phi) is 3.19. The number of carbonyl (C=O) groups excluding carboxylic acids is 1. The molecule has 88 valence electrons. The second-order valence-corrected chi connectivity index (χ2v) is 4.01. The van der Waals surface area contributed by atoms with Gasteiger partial charge >= 0.3 is 0 Å². The van der Waals surface area contributed by atoms with Gasteiger partial charge in [-0.2, -0.15) is 0 Å². The molecule has 0 spiro atoms. The van der Waals surface area contributed by atoms with Gasteiger partial charge in [0.1, 0.15) is 0 Å². The average molecular weight is 223 g/mol. The van der Waals surface area contributed by atoms with Crippen LogP contribution in [0.2, 0.25) is 0 Å². The Morgan fingerprint density at radius 3 is 2.50 bits per heavy atom. The molecule has 0 unspecified atom stereocenters. The number of hydrogen-bond donors (Lipinski definition) is 0. The van der Waals surface area contributed by atoms with Crippen molar-refractivity contribution < 1.29 is 4.79 Å². The molecule has 2 rings (SSSR count). The first-order chi connectivity index (χ1) is 7.76. The zero-order valence-electron chi connectivity index (χ0n) is 9.76. The lowest BCUT2D eigenvalue weighted by Gasteiger charge is -2.32. The van der Waals surface area contributed by atoms with Crippen molar-refractivity contribution in [1.29, 1.82) is 0 Å². The van der Waals surface area contributed by atoms with Crippen LogP contribution in [0.15, 0.2) is 0 Å². The van der Waals surface area contributed by atoms with Crippen LogP contribution in [0.25, 0.3) is 0 Å². The molecule has 6 nitrogen and oxygen atoms in total. The van der Waals surface area contributed by atoms with E-state index < -0.39 is 0 Å². The number of aromatic nitrogens is 3. The third kappa shape index (κ3) is 1.92. The van der Waals surface area contributed by atoms with E-state index in [1.165, 1.54) is 0 Å². The fourth-order valence-corrected chi connectivity index (χ4v) is 1.94. The summed E-state index contributed by atoms with van der Waals surface area (Å²) in [6, 6.07) is 0. The van der Waals surface area contributed by atoms with E-state index >= 15 is 0 Å². The number of aldehydes is 1. The van der Waals surface area contributed by atoms with E-state index in [0.717, 1.165) is 45.0 Å². The Labute approximate surface area is 94.9 Å². The Hall–Kier alpha value is -1.43. The quantitative estimate of drug-likeness (QED) is 0.668. The molecule has 1 aromatic rings. The molecule has 0 amide bonds. The number of rotatable bonds is 3. The van der Waals surface area contributed by atoms with E-state index in [1.807, 2.05) is 11.5 Å². The molecule has 0 atom stereocenters. The van der Waals surface area contributed by atoms with Crippen LogP contribution in [-0.2, 0) is 6.54 Å². The lowest BCUT2D eigenvalue weighted by molar-refractivity contribution is 0.111. The second kappa shape index (κ2) is 4.61. The normalized spacial score (nSPS) is 17.8. The minimum absolute atomic E-state index is 0.413. The van der Waals surface area contributed by atoms with Crippen LogP contribution >= 0.6 is 0 Å². The van der Waals surface area contributed by atoms with Gasteiger partial charge in [-0.05, 0) is 14.0 Å².